The molecule has 0 bridgehead atoms. The van der Waals surface area contributed by atoms with E-state index in [0.717, 1.165) is 11.1 Å². The standard InChI is InChI=1S/C22H20ClF3N6O.C22H20ClF3N6S/c2*1-32(2)6-5-12-7-17(20(27-10-12)22(24,25)26)30-21-28-11-13-8-18(33)29-16-9-14(23)3-4-15(16)19(13)31-21/h2*3-4,7,9-11H,5-6,8H2,1-2H3,(H,29,33)(H,28,30,31). The third kappa shape index (κ3) is 11.8. The van der Waals surface area contributed by atoms with Gasteiger partial charge in [0, 0.05) is 82.3 Å². The third-order valence-corrected chi connectivity index (χ3v) is 10.8. The van der Waals surface area contributed by atoms with Crippen molar-refractivity contribution in [2.75, 3.05) is 62.5 Å². The zero-order valence-corrected chi connectivity index (χ0v) is 37.9. The largest absolute Gasteiger partial charge is 0.435 e. The lowest BCUT2D eigenvalue weighted by molar-refractivity contribution is -0.141. The second kappa shape index (κ2) is 19.8. The molecule has 344 valence electrons. The van der Waals surface area contributed by atoms with Crippen LogP contribution in [-0.4, -0.2) is 91.9 Å². The lowest BCUT2D eigenvalue weighted by Crippen LogP contribution is -2.17. The van der Waals surface area contributed by atoms with E-state index in [9.17, 15) is 31.1 Å². The highest BCUT2D eigenvalue weighted by Crippen LogP contribution is 2.39. The lowest BCUT2D eigenvalue weighted by atomic mass is 10.1. The van der Waals surface area contributed by atoms with Gasteiger partial charge in [-0.05, 0) is 101 Å². The number of amides is 1. The maximum absolute atomic E-state index is 13.6. The second-order valence-corrected chi connectivity index (χ2v) is 17.2. The van der Waals surface area contributed by atoms with E-state index in [-0.39, 0.29) is 35.6 Å². The average Bonchev–Trinajstić information content (AvgIpc) is 3.46. The van der Waals surface area contributed by atoms with Gasteiger partial charge >= 0.3 is 12.4 Å². The summed E-state index contributed by atoms with van der Waals surface area (Å²) in [5, 5.41) is 12.3. The number of fused-ring (bicyclic) bond motifs is 6. The molecular weight excluding hydrogens is 930 g/mol. The fraction of sp³-hybridized carbons (Fsp3) is 0.273. The number of carbonyl (C=O) groups excluding carboxylic acids is 1. The van der Waals surface area contributed by atoms with Crippen LogP contribution in [0.5, 0.6) is 0 Å². The van der Waals surface area contributed by atoms with E-state index in [0.29, 0.717) is 92.4 Å². The van der Waals surface area contributed by atoms with Crippen LogP contribution >= 0.6 is 35.4 Å². The van der Waals surface area contributed by atoms with Crippen LogP contribution in [0.3, 0.4) is 0 Å². The quantitative estimate of drug-likeness (QED) is 0.0763. The van der Waals surface area contributed by atoms with Gasteiger partial charge < -0.3 is 31.1 Å². The number of halogens is 8. The smallest absolute Gasteiger partial charge is 0.349 e. The van der Waals surface area contributed by atoms with Crippen molar-refractivity contribution in [1.82, 2.24) is 39.7 Å². The van der Waals surface area contributed by atoms with Gasteiger partial charge in [-0.1, -0.05) is 35.4 Å². The summed E-state index contributed by atoms with van der Waals surface area (Å²) in [6.07, 6.45) is -2.31. The summed E-state index contributed by atoms with van der Waals surface area (Å²) < 4.78 is 81.6. The van der Waals surface area contributed by atoms with E-state index in [1.54, 1.807) is 42.6 Å². The SMILES string of the molecule is CN(C)CCc1cnc(C(F)(F)F)c(Nc2ncc3c(n2)-c2ccc(Cl)cc2NC(=O)C3)c1.CN(C)CCc1cnc(C(F)(F)F)c(Nc2ncc3c(n2)-c2ccc(Cl)cc2NC(=S)C3)c1. The molecule has 0 spiro atoms. The summed E-state index contributed by atoms with van der Waals surface area (Å²) in [6.45, 7) is 1.33. The van der Waals surface area contributed by atoms with Gasteiger partial charge in [-0.25, -0.2) is 29.9 Å². The monoisotopic (exact) mass is 968 g/mol. The number of hydrogen-bond acceptors (Lipinski definition) is 12. The van der Waals surface area contributed by atoms with Gasteiger partial charge in [0.15, 0.2) is 11.4 Å². The van der Waals surface area contributed by atoms with Crippen molar-refractivity contribution in [3.63, 3.8) is 0 Å². The van der Waals surface area contributed by atoms with Crippen molar-refractivity contribution < 1.29 is 31.1 Å². The van der Waals surface area contributed by atoms with E-state index < -0.39 is 23.7 Å². The van der Waals surface area contributed by atoms with Crippen LogP contribution in [-0.2, 0) is 42.8 Å². The normalized spacial score (nSPS) is 13.2. The molecule has 0 saturated carbocycles. The third-order valence-electron chi connectivity index (χ3n) is 10.1. The molecule has 2 aliphatic heterocycles. The first-order valence-electron chi connectivity index (χ1n) is 20.1. The molecule has 4 aromatic heterocycles. The lowest BCUT2D eigenvalue weighted by Gasteiger charge is -2.16. The Labute approximate surface area is 390 Å². The molecule has 22 heteroatoms. The Balaban J connectivity index is 0.000000196. The van der Waals surface area contributed by atoms with Crippen LogP contribution in [0.15, 0.2) is 73.3 Å². The predicted octanol–water partition coefficient (Wildman–Crippen LogP) is 9.91. The molecule has 66 heavy (non-hydrogen) atoms. The first kappa shape index (κ1) is 47.9. The number of alkyl halides is 6. The van der Waals surface area contributed by atoms with Gasteiger partial charge in [-0.3, -0.25) is 4.79 Å². The molecule has 6 heterocycles. The molecule has 0 fully saturated rings. The van der Waals surface area contributed by atoms with Crippen molar-refractivity contribution >= 4 is 81.0 Å². The Hall–Kier alpha value is -6.06. The molecule has 0 aliphatic carbocycles. The van der Waals surface area contributed by atoms with Crippen LogP contribution in [0.2, 0.25) is 10.0 Å². The minimum absolute atomic E-state index is 0.0251. The van der Waals surface area contributed by atoms with Crippen LogP contribution in [0.25, 0.3) is 22.5 Å². The van der Waals surface area contributed by atoms with Crippen molar-refractivity contribution in [2.45, 2.75) is 38.0 Å². The van der Waals surface area contributed by atoms with Crippen molar-refractivity contribution in [3.05, 3.63) is 117 Å². The number of hydrogen-bond donors (Lipinski definition) is 4. The van der Waals surface area contributed by atoms with Crippen molar-refractivity contribution in [2.24, 2.45) is 0 Å². The Bertz CT molecular complexity index is 2620. The summed E-state index contributed by atoms with van der Waals surface area (Å²) in [7, 11) is 7.55. The van der Waals surface area contributed by atoms with E-state index >= 15 is 0 Å². The first-order chi connectivity index (χ1) is 31.2. The summed E-state index contributed by atoms with van der Waals surface area (Å²) in [5.74, 6) is -0.278. The Morgan fingerprint density at radius 2 is 1.08 bits per heavy atom. The van der Waals surface area contributed by atoms with E-state index in [1.807, 2.05) is 38.0 Å². The Kier molecular flexibility index (Phi) is 14.4. The fourth-order valence-electron chi connectivity index (χ4n) is 6.92. The van der Waals surface area contributed by atoms with E-state index in [2.05, 4.69) is 51.2 Å². The highest BCUT2D eigenvalue weighted by molar-refractivity contribution is 7.80. The molecule has 2 aromatic carbocycles. The van der Waals surface area contributed by atoms with Gasteiger partial charge in [0.25, 0.3) is 0 Å². The number of anilines is 6. The number of benzene rings is 2. The van der Waals surface area contributed by atoms with Crippen LogP contribution in [0.4, 0.5) is 61.0 Å². The number of nitrogens with one attached hydrogen (secondary N) is 4. The van der Waals surface area contributed by atoms with Gasteiger partial charge in [-0.2, -0.15) is 26.3 Å². The summed E-state index contributed by atoms with van der Waals surface area (Å²) >= 11 is 17.5. The molecule has 6 aromatic rings. The second-order valence-electron chi connectivity index (χ2n) is 15.8. The number of rotatable bonds is 10. The highest BCUT2D eigenvalue weighted by Gasteiger charge is 2.37. The zero-order chi connectivity index (χ0) is 47.5. The van der Waals surface area contributed by atoms with E-state index in [1.165, 1.54) is 30.7 Å². The summed E-state index contributed by atoms with van der Waals surface area (Å²) in [6, 6.07) is 13.0. The molecule has 13 nitrogen and oxygen atoms in total. The molecule has 8 rings (SSSR count). The van der Waals surface area contributed by atoms with Crippen molar-refractivity contribution in [3.8, 4) is 22.5 Å². The maximum Gasteiger partial charge on any atom is 0.435 e. The molecule has 0 radical (unpaired) electrons. The van der Waals surface area contributed by atoms with Gasteiger partial charge in [-0.15, -0.1) is 0 Å². The molecule has 0 unspecified atom stereocenters. The fourth-order valence-corrected chi connectivity index (χ4v) is 7.53. The molecule has 1 amide bonds. The number of pyridine rings is 2. The van der Waals surface area contributed by atoms with Crippen LogP contribution < -0.4 is 21.3 Å². The highest BCUT2D eigenvalue weighted by atomic mass is 35.5. The minimum atomic E-state index is -4.66. The number of likely N-dealkylation sites (N-methyl/N-ethyl adjacent to an activating group) is 2. The number of carbonyl (C=O) groups is 1. The number of aromatic nitrogens is 6. The molecule has 2 aliphatic rings. The Morgan fingerprint density at radius 3 is 1.52 bits per heavy atom. The van der Waals surface area contributed by atoms with E-state index in [4.69, 9.17) is 35.4 Å². The molecule has 0 atom stereocenters. The summed E-state index contributed by atoms with van der Waals surface area (Å²) in [4.78, 5) is 41.4. The average molecular weight is 970 g/mol. The molecule has 4 N–H and O–H groups in total. The van der Waals surface area contributed by atoms with Crippen LogP contribution in [0.1, 0.15) is 33.6 Å². The Morgan fingerprint density at radius 1 is 0.636 bits per heavy atom. The van der Waals surface area contributed by atoms with Gasteiger partial charge in [0.05, 0.1) is 39.9 Å². The van der Waals surface area contributed by atoms with Gasteiger partial charge in [0.1, 0.15) is 0 Å². The van der Waals surface area contributed by atoms with Gasteiger partial charge in [0.2, 0.25) is 17.8 Å². The first-order valence-corrected chi connectivity index (χ1v) is 21.2. The summed E-state index contributed by atoms with van der Waals surface area (Å²) in [5.41, 5.74) is 3.58. The predicted molar refractivity (Wildman–Crippen MR) is 247 cm³/mol. The molecule has 0 saturated heterocycles. The minimum Gasteiger partial charge on any atom is -0.349 e. The van der Waals surface area contributed by atoms with Crippen LogP contribution in [0, 0.1) is 0 Å². The molecular formula is C44H40Cl2F6N12OS. The number of nitrogens with zero attached hydrogens (tertiary/aromatic N) is 8. The topological polar surface area (TPSA) is 149 Å². The van der Waals surface area contributed by atoms with Crippen molar-refractivity contribution in [1.29, 1.82) is 0 Å². The zero-order valence-electron chi connectivity index (χ0n) is 35.6. The number of thiocarbonyl (C=S) groups is 1. The maximum atomic E-state index is 13.6.